The zero-order chi connectivity index (χ0) is 51.2. The summed E-state index contributed by atoms with van der Waals surface area (Å²) in [6, 6.07) is 83.8. The molecule has 2 heterocycles. The number of nitrogens with two attached hydrogens (primary N) is 1. The number of fused-ring (bicyclic) bond motifs is 9. The van der Waals surface area contributed by atoms with E-state index in [9.17, 15) is 0 Å². The van der Waals surface area contributed by atoms with Crippen molar-refractivity contribution in [3.63, 3.8) is 0 Å². The monoisotopic (exact) mass is 984 g/mol. The van der Waals surface area contributed by atoms with E-state index in [1.807, 2.05) is 18.2 Å². The number of anilines is 1. The van der Waals surface area contributed by atoms with Gasteiger partial charge >= 0.3 is 0 Å². The van der Waals surface area contributed by atoms with Crippen LogP contribution in [0.3, 0.4) is 0 Å². The molecule has 0 amide bonds. The Bertz CT molecular complexity index is 4030. The minimum atomic E-state index is -0.0558. The van der Waals surface area contributed by atoms with Crippen LogP contribution in [0.2, 0.25) is 0 Å². The second-order valence-electron chi connectivity index (χ2n) is 21.5. The van der Waals surface area contributed by atoms with Crippen molar-refractivity contribution in [1.29, 1.82) is 0 Å². The molecule has 1 aliphatic rings. The maximum Gasteiger partial charge on any atom is 0.0541 e. The summed E-state index contributed by atoms with van der Waals surface area (Å²) in [7, 11) is 0. The van der Waals surface area contributed by atoms with E-state index in [0.717, 1.165) is 22.5 Å². The van der Waals surface area contributed by atoms with Gasteiger partial charge in [-0.3, -0.25) is 0 Å². The molecule has 3 nitrogen and oxygen atoms in total. The lowest BCUT2D eigenvalue weighted by atomic mass is 9.70. The Morgan fingerprint density at radius 2 is 0.711 bits per heavy atom. The van der Waals surface area contributed by atoms with Gasteiger partial charge in [0, 0.05) is 44.0 Å². The standard InChI is InChI=1S/C73H65N3/c1-3-5-7-15-43-73(44-16-8-6-4-2)67-48-56(50-29-36-59(37-30-50)75-69-26-12-9-23-63(69)64-24-10-13-27-70(64)75)33-40-61(67)62-41-34-57(49-68(62)73)51-31-38-60(39-32-51)76-71-28-14-11-25-65(71)66-47-55(35-42-72(66)76)53-20-17-19-52(45-53)54-21-18-22-58(74)46-54/h9-14,17-42,45-49H,3-8,15-16,43-44,74H2,1-2H3. The summed E-state index contributed by atoms with van der Waals surface area (Å²) in [6.07, 6.45) is 12.4. The zero-order valence-electron chi connectivity index (χ0n) is 43.9. The molecule has 0 radical (unpaired) electrons. The Hall–Kier alpha value is -8.40. The number of nitrogens with zero attached hydrogens (tertiary/aromatic N) is 2. The van der Waals surface area contributed by atoms with Crippen molar-refractivity contribution in [2.45, 2.75) is 83.5 Å². The molecule has 0 atom stereocenters. The first-order chi connectivity index (χ1) is 37.5. The van der Waals surface area contributed by atoms with E-state index in [2.05, 4.69) is 229 Å². The lowest BCUT2D eigenvalue weighted by Gasteiger charge is -2.33. The van der Waals surface area contributed by atoms with Crippen molar-refractivity contribution >= 4 is 49.3 Å². The summed E-state index contributed by atoms with van der Waals surface area (Å²) in [5.74, 6) is 0. The molecule has 0 saturated heterocycles. The molecule has 76 heavy (non-hydrogen) atoms. The van der Waals surface area contributed by atoms with Crippen molar-refractivity contribution < 1.29 is 0 Å². The molecular weight excluding hydrogens is 919 g/mol. The lowest BCUT2D eigenvalue weighted by Crippen LogP contribution is -2.25. The normalized spacial score (nSPS) is 12.8. The van der Waals surface area contributed by atoms with Crippen molar-refractivity contribution in [3.8, 4) is 67.0 Å². The smallest absolute Gasteiger partial charge is 0.0541 e. The SMILES string of the molecule is CCCCCCC1(CCCCCC)c2cc(-c3ccc(-n4c5ccccc5c5ccccc54)cc3)ccc2-c2ccc(-c3ccc(-n4c5ccccc5c5cc(-c6cccc(-c7cccc(N)c7)c6)ccc54)cc3)cc21. The van der Waals surface area contributed by atoms with Gasteiger partial charge in [-0.25, -0.2) is 0 Å². The third-order valence-corrected chi connectivity index (χ3v) is 16.9. The van der Waals surface area contributed by atoms with Crippen LogP contribution in [0.4, 0.5) is 5.69 Å². The highest BCUT2D eigenvalue weighted by atomic mass is 15.0. The van der Waals surface area contributed by atoms with Crippen LogP contribution in [0.15, 0.2) is 224 Å². The van der Waals surface area contributed by atoms with E-state index < -0.39 is 0 Å². The number of benzene rings is 10. The van der Waals surface area contributed by atoms with Crippen LogP contribution in [0.5, 0.6) is 0 Å². The Morgan fingerprint density at radius 3 is 1.20 bits per heavy atom. The topological polar surface area (TPSA) is 35.9 Å². The first-order valence-electron chi connectivity index (χ1n) is 28.0. The van der Waals surface area contributed by atoms with Gasteiger partial charge in [0.1, 0.15) is 0 Å². The third kappa shape index (κ3) is 8.30. The molecule has 2 aromatic heterocycles. The summed E-state index contributed by atoms with van der Waals surface area (Å²) < 4.78 is 4.86. The number of hydrogen-bond donors (Lipinski definition) is 1. The van der Waals surface area contributed by atoms with Gasteiger partial charge in [-0.15, -0.1) is 0 Å². The highest BCUT2D eigenvalue weighted by molar-refractivity contribution is 6.11. The van der Waals surface area contributed by atoms with E-state index in [0.29, 0.717) is 0 Å². The van der Waals surface area contributed by atoms with Crippen LogP contribution in [0.1, 0.15) is 89.2 Å². The van der Waals surface area contributed by atoms with Gasteiger partial charge in [-0.1, -0.05) is 205 Å². The Kier molecular flexibility index (Phi) is 12.5. The average molecular weight is 984 g/mol. The molecule has 13 rings (SSSR count). The van der Waals surface area contributed by atoms with Crippen molar-refractivity contribution in [2.24, 2.45) is 0 Å². The molecule has 1 aliphatic carbocycles. The predicted molar refractivity (Wildman–Crippen MR) is 325 cm³/mol. The Morgan fingerprint density at radius 1 is 0.316 bits per heavy atom. The number of rotatable bonds is 16. The fraction of sp³-hybridized carbons (Fsp3) is 0.178. The fourth-order valence-electron chi connectivity index (χ4n) is 13.1. The van der Waals surface area contributed by atoms with E-state index in [1.54, 1.807) is 0 Å². The van der Waals surface area contributed by atoms with Crippen LogP contribution < -0.4 is 5.73 Å². The largest absolute Gasteiger partial charge is 0.399 e. The molecule has 3 heteroatoms. The molecular formula is C73H65N3. The molecule has 0 unspecified atom stereocenters. The number of nitrogen functional groups attached to an aromatic ring is 1. The molecule has 372 valence electrons. The van der Waals surface area contributed by atoms with Crippen molar-refractivity contribution in [3.05, 3.63) is 236 Å². The van der Waals surface area contributed by atoms with Gasteiger partial charge in [0.25, 0.3) is 0 Å². The van der Waals surface area contributed by atoms with Crippen LogP contribution in [-0.4, -0.2) is 9.13 Å². The molecule has 12 aromatic rings. The summed E-state index contributed by atoms with van der Waals surface area (Å²) in [4.78, 5) is 0. The van der Waals surface area contributed by atoms with Gasteiger partial charge in [0.05, 0.1) is 22.1 Å². The maximum atomic E-state index is 6.18. The summed E-state index contributed by atoms with van der Waals surface area (Å²) >= 11 is 0. The summed E-state index contributed by atoms with van der Waals surface area (Å²) in [5, 5.41) is 5.08. The maximum absolute atomic E-state index is 6.18. The van der Waals surface area contributed by atoms with Gasteiger partial charge in [0.15, 0.2) is 0 Å². The number of aromatic nitrogens is 2. The number of hydrogen-bond acceptors (Lipinski definition) is 1. The summed E-state index contributed by atoms with van der Waals surface area (Å²) in [5.41, 5.74) is 29.8. The van der Waals surface area contributed by atoms with Crippen LogP contribution in [0, 0.1) is 0 Å². The molecule has 0 saturated carbocycles. The fourth-order valence-corrected chi connectivity index (χ4v) is 13.1. The van der Waals surface area contributed by atoms with Gasteiger partial charge < -0.3 is 14.9 Å². The van der Waals surface area contributed by atoms with E-state index >= 15 is 0 Å². The van der Waals surface area contributed by atoms with Crippen molar-refractivity contribution in [2.75, 3.05) is 5.73 Å². The van der Waals surface area contributed by atoms with Crippen LogP contribution in [0.25, 0.3) is 111 Å². The number of unbranched alkanes of at least 4 members (excludes halogenated alkanes) is 6. The minimum absolute atomic E-state index is 0.0558. The Labute approximate surface area is 447 Å². The van der Waals surface area contributed by atoms with Crippen LogP contribution in [-0.2, 0) is 5.41 Å². The van der Waals surface area contributed by atoms with E-state index in [1.165, 1.54) is 169 Å². The van der Waals surface area contributed by atoms with E-state index in [4.69, 9.17) is 5.73 Å². The average Bonchev–Trinajstić information content (AvgIpc) is 4.17. The first-order valence-corrected chi connectivity index (χ1v) is 28.0. The highest BCUT2D eigenvalue weighted by Gasteiger charge is 2.42. The first kappa shape index (κ1) is 47.3. The molecule has 0 aliphatic heterocycles. The molecule has 0 spiro atoms. The van der Waals surface area contributed by atoms with Gasteiger partial charge in [0.2, 0.25) is 0 Å². The number of para-hydroxylation sites is 3. The second kappa shape index (κ2) is 20.0. The molecule has 2 N–H and O–H groups in total. The molecule has 10 aromatic carbocycles. The van der Waals surface area contributed by atoms with Crippen molar-refractivity contribution in [1.82, 2.24) is 9.13 Å². The molecule has 0 bridgehead atoms. The minimum Gasteiger partial charge on any atom is -0.399 e. The summed E-state index contributed by atoms with van der Waals surface area (Å²) in [6.45, 7) is 4.66. The lowest BCUT2D eigenvalue weighted by molar-refractivity contribution is 0.401. The Balaban J connectivity index is 0.855. The highest BCUT2D eigenvalue weighted by Crippen LogP contribution is 2.56. The third-order valence-electron chi connectivity index (χ3n) is 16.9. The predicted octanol–water partition coefficient (Wildman–Crippen LogP) is 20.3. The zero-order valence-corrected chi connectivity index (χ0v) is 43.9. The van der Waals surface area contributed by atoms with Crippen LogP contribution >= 0.6 is 0 Å². The quantitative estimate of drug-likeness (QED) is 0.0760. The second-order valence-corrected chi connectivity index (χ2v) is 21.5. The van der Waals surface area contributed by atoms with Gasteiger partial charge in [-0.05, 0) is 165 Å². The van der Waals surface area contributed by atoms with Gasteiger partial charge in [-0.2, -0.15) is 0 Å². The molecule has 0 fully saturated rings. The van der Waals surface area contributed by atoms with E-state index in [-0.39, 0.29) is 5.41 Å².